The highest BCUT2D eigenvalue weighted by Crippen LogP contribution is 2.07. The third-order valence-corrected chi connectivity index (χ3v) is 3.09. The average Bonchev–Trinajstić information content (AvgIpc) is 2.44. The van der Waals surface area contributed by atoms with Gasteiger partial charge in [0.2, 0.25) is 0 Å². The summed E-state index contributed by atoms with van der Waals surface area (Å²) in [5.74, 6) is 0.196. The predicted molar refractivity (Wildman–Crippen MR) is 86.6 cm³/mol. The number of aliphatic imine (C=N–C) groups is 1. The van der Waals surface area contributed by atoms with E-state index in [2.05, 4.69) is 31.1 Å². The van der Waals surface area contributed by atoms with E-state index in [1.807, 2.05) is 32.0 Å². The molecular formula is C17H26N2O2. The van der Waals surface area contributed by atoms with Gasteiger partial charge in [-0.25, -0.2) is 4.99 Å². The second-order valence-electron chi connectivity index (χ2n) is 5.67. The Morgan fingerprint density at radius 1 is 1.29 bits per heavy atom. The summed E-state index contributed by atoms with van der Waals surface area (Å²) in [7, 11) is 0. The van der Waals surface area contributed by atoms with Crippen molar-refractivity contribution in [3.63, 3.8) is 0 Å². The number of rotatable bonds is 5. The van der Waals surface area contributed by atoms with Gasteiger partial charge in [0.05, 0.1) is 12.6 Å². The number of carbonyl (C=O) groups excluding carboxylic acids is 1. The second-order valence-corrected chi connectivity index (χ2v) is 5.67. The fourth-order valence-electron chi connectivity index (χ4n) is 1.63. The maximum Gasteiger partial charge on any atom is 0.291 e. The van der Waals surface area contributed by atoms with Crippen LogP contribution in [0.3, 0.4) is 0 Å². The van der Waals surface area contributed by atoms with Crippen LogP contribution in [-0.4, -0.2) is 24.6 Å². The van der Waals surface area contributed by atoms with Crippen molar-refractivity contribution in [3.8, 4) is 0 Å². The van der Waals surface area contributed by atoms with E-state index in [0.29, 0.717) is 24.1 Å². The number of benzene rings is 1. The Bertz CT molecular complexity index is 495. The molecule has 0 heterocycles. The lowest BCUT2D eigenvalue weighted by Gasteiger charge is -2.14. The Morgan fingerprint density at radius 3 is 2.52 bits per heavy atom. The monoisotopic (exact) mass is 290 g/mol. The van der Waals surface area contributed by atoms with Crippen molar-refractivity contribution in [2.45, 2.75) is 47.1 Å². The van der Waals surface area contributed by atoms with E-state index in [4.69, 9.17) is 4.74 Å². The molecule has 1 aromatic rings. The predicted octanol–water partition coefficient (Wildman–Crippen LogP) is 3.55. The van der Waals surface area contributed by atoms with Crippen LogP contribution in [0, 0.1) is 12.8 Å². The molecule has 21 heavy (non-hydrogen) atoms. The molecule has 0 saturated heterocycles. The number of aryl methyl sites for hydroxylation is 1. The first kappa shape index (κ1) is 17.2. The van der Waals surface area contributed by atoms with E-state index in [0.717, 1.165) is 12.0 Å². The van der Waals surface area contributed by atoms with Crippen LogP contribution < -0.4 is 5.32 Å². The third-order valence-electron chi connectivity index (χ3n) is 3.09. The summed E-state index contributed by atoms with van der Waals surface area (Å²) < 4.78 is 5.63. The zero-order valence-corrected chi connectivity index (χ0v) is 13.6. The Morgan fingerprint density at radius 2 is 1.95 bits per heavy atom. The smallest absolute Gasteiger partial charge is 0.291 e. The van der Waals surface area contributed by atoms with E-state index < -0.39 is 0 Å². The summed E-state index contributed by atoms with van der Waals surface area (Å²) in [6.07, 6.45) is 0.898. The van der Waals surface area contributed by atoms with Gasteiger partial charge in [-0.3, -0.25) is 10.1 Å². The normalized spacial score (nSPS) is 13.1. The first-order valence-electron chi connectivity index (χ1n) is 7.51. The quantitative estimate of drug-likeness (QED) is 0.666. The molecule has 1 aromatic carbocycles. The van der Waals surface area contributed by atoms with E-state index in [-0.39, 0.29) is 11.9 Å². The highest BCUT2D eigenvalue weighted by Gasteiger charge is 2.13. The van der Waals surface area contributed by atoms with E-state index in [1.165, 1.54) is 0 Å². The van der Waals surface area contributed by atoms with Gasteiger partial charge in [0.15, 0.2) is 0 Å². The van der Waals surface area contributed by atoms with Gasteiger partial charge in [-0.15, -0.1) is 0 Å². The minimum atomic E-state index is -0.182. The lowest BCUT2D eigenvalue weighted by Crippen LogP contribution is -2.34. The number of carbonyl (C=O) groups is 1. The Hall–Kier alpha value is -1.84. The third kappa shape index (κ3) is 5.98. The molecule has 4 nitrogen and oxygen atoms in total. The van der Waals surface area contributed by atoms with Gasteiger partial charge in [-0.05, 0) is 37.8 Å². The van der Waals surface area contributed by atoms with Crippen LogP contribution in [-0.2, 0) is 4.74 Å². The largest absolute Gasteiger partial charge is 0.465 e. The number of ether oxygens (including phenoxy) is 1. The highest BCUT2D eigenvalue weighted by molar-refractivity contribution is 6.04. The number of nitrogens with one attached hydrogen (secondary N) is 1. The molecule has 0 bridgehead atoms. The van der Waals surface area contributed by atoms with Crippen molar-refractivity contribution in [1.29, 1.82) is 0 Å². The van der Waals surface area contributed by atoms with Crippen LogP contribution in [0.25, 0.3) is 0 Å². The van der Waals surface area contributed by atoms with Crippen LogP contribution in [0.1, 0.15) is 50.0 Å². The number of amidine groups is 1. The second kappa shape index (κ2) is 8.45. The molecule has 1 N–H and O–H groups in total. The van der Waals surface area contributed by atoms with Crippen molar-refractivity contribution in [1.82, 2.24) is 5.32 Å². The van der Waals surface area contributed by atoms with E-state index in [9.17, 15) is 4.79 Å². The summed E-state index contributed by atoms with van der Waals surface area (Å²) in [6, 6.07) is 7.90. The molecule has 1 atom stereocenters. The van der Waals surface area contributed by atoms with Crippen molar-refractivity contribution in [2.24, 2.45) is 10.9 Å². The van der Waals surface area contributed by atoms with Gasteiger partial charge < -0.3 is 4.74 Å². The maximum absolute atomic E-state index is 12.3. The fraction of sp³-hybridized carbons (Fsp3) is 0.529. The van der Waals surface area contributed by atoms with Gasteiger partial charge in [-0.2, -0.15) is 0 Å². The Labute approximate surface area is 127 Å². The maximum atomic E-state index is 12.3. The van der Waals surface area contributed by atoms with Gasteiger partial charge >= 0.3 is 0 Å². The van der Waals surface area contributed by atoms with Crippen LogP contribution in [0.5, 0.6) is 0 Å². The van der Waals surface area contributed by atoms with Crippen molar-refractivity contribution in [2.75, 3.05) is 6.61 Å². The summed E-state index contributed by atoms with van der Waals surface area (Å²) >= 11 is 0. The number of nitrogens with zero attached hydrogens (tertiary/aromatic N) is 1. The molecule has 0 aromatic heterocycles. The molecule has 0 aliphatic carbocycles. The zero-order chi connectivity index (χ0) is 15.8. The highest BCUT2D eigenvalue weighted by atomic mass is 16.5. The zero-order valence-electron chi connectivity index (χ0n) is 13.6. The van der Waals surface area contributed by atoms with E-state index >= 15 is 0 Å². The number of hydrogen-bond donors (Lipinski definition) is 1. The van der Waals surface area contributed by atoms with Crippen LogP contribution >= 0.6 is 0 Å². The van der Waals surface area contributed by atoms with E-state index in [1.54, 1.807) is 6.07 Å². The molecule has 0 aliphatic heterocycles. The standard InChI is InChI=1S/C17H26N2O2/c1-6-14(5)18-17(21-11-12(2)3)19-16(20)15-10-8-7-9-13(15)4/h7-10,12,14H,6,11H2,1-5H3,(H,18,19,20)/t14-/m1/s1. The van der Waals surface area contributed by atoms with Crippen LogP contribution in [0.2, 0.25) is 0 Å². The Kier molecular flexibility index (Phi) is 6.92. The van der Waals surface area contributed by atoms with Crippen molar-refractivity contribution in [3.05, 3.63) is 35.4 Å². The molecule has 0 aliphatic rings. The van der Waals surface area contributed by atoms with Gasteiger partial charge in [0.25, 0.3) is 11.9 Å². The molecule has 4 heteroatoms. The SMILES string of the molecule is CC[C@@H](C)N=C(NC(=O)c1ccccc1C)OCC(C)C. The summed E-state index contributed by atoms with van der Waals surface area (Å²) in [4.78, 5) is 16.7. The first-order chi connectivity index (χ1) is 9.93. The number of amides is 1. The molecule has 0 fully saturated rings. The summed E-state index contributed by atoms with van der Waals surface area (Å²) in [5.41, 5.74) is 1.57. The fourth-order valence-corrected chi connectivity index (χ4v) is 1.63. The molecule has 0 radical (unpaired) electrons. The van der Waals surface area contributed by atoms with Crippen LogP contribution in [0.15, 0.2) is 29.3 Å². The average molecular weight is 290 g/mol. The minimum Gasteiger partial charge on any atom is -0.465 e. The first-order valence-corrected chi connectivity index (χ1v) is 7.51. The van der Waals surface area contributed by atoms with Gasteiger partial charge in [-0.1, -0.05) is 39.0 Å². The van der Waals surface area contributed by atoms with Gasteiger partial charge in [0.1, 0.15) is 0 Å². The minimum absolute atomic E-state index is 0.115. The number of hydrogen-bond acceptors (Lipinski definition) is 3. The molecule has 116 valence electrons. The van der Waals surface area contributed by atoms with Crippen molar-refractivity contribution < 1.29 is 9.53 Å². The molecule has 1 rings (SSSR count). The molecule has 0 spiro atoms. The summed E-state index contributed by atoms with van der Waals surface area (Å²) in [6.45, 7) is 10.6. The summed E-state index contributed by atoms with van der Waals surface area (Å²) in [5, 5.41) is 2.78. The van der Waals surface area contributed by atoms with Gasteiger partial charge in [0, 0.05) is 5.56 Å². The molecule has 1 amide bonds. The lowest BCUT2D eigenvalue weighted by molar-refractivity contribution is 0.0962. The molecular weight excluding hydrogens is 264 g/mol. The molecule has 0 saturated carbocycles. The lowest BCUT2D eigenvalue weighted by atomic mass is 10.1. The topological polar surface area (TPSA) is 50.7 Å². The van der Waals surface area contributed by atoms with Crippen molar-refractivity contribution >= 4 is 11.9 Å². The Balaban J connectivity index is 2.83. The molecule has 0 unspecified atom stereocenters. The van der Waals surface area contributed by atoms with Crippen LogP contribution in [0.4, 0.5) is 0 Å².